The molecule has 0 saturated heterocycles. The molecular formula is C16H23N3O. The van der Waals surface area contributed by atoms with Crippen LogP contribution < -0.4 is 5.73 Å². The normalized spacial score (nSPS) is 25.4. The van der Waals surface area contributed by atoms with Crippen molar-refractivity contribution in [2.24, 2.45) is 10.7 Å². The zero-order chi connectivity index (χ0) is 14.0. The Labute approximate surface area is 120 Å². The SMILES string of the molecule is COCCN1C(N)=NCC12CCCCc1ccccc12. The van der Waals surface area contributed by atoms with Crippen molar-refractivity contribution in [1.29, 1.82) is 0 Å². The topological polar surface area (TPSA) is 50.9 Å². The molecule has 2 aliphatic rings. The number of benzene rings is 1. The molecule has 1 unspecified atom stereocenters. The number of rotatable bonds is 3. The van der Waals surface area contributed by atoms with Gasteiger partial charge in [0.05, 0.1) is 18.7 Å². The number of guanidine groups is 1. The van der Waals surface area contributed by atoms with Crippen molar-refractivity contribution in [3.8, 4) is 0 Å². The molecule has 4 heteroatoms. The Bertz CT molecular complexity index is 514. The van der Waals surface area contributed by atoms with Crippen molar-refractivity contribution in [3.05, 3.63) is 35.4 Å². The van der Waals surface area contributed by atoms with Gasteiger partial charge in [0.2, 0.25) is 0 Å². The molecule has 1 spiro atoms. The highest BCUT2D eigenvalue weighted by molar-refractivity contribution is 5.81. The third-order valence-corrected chi connectivity index (χ3v) is 4.62. The van der Waals surface area contributed by atoms with E-state index in [4.69, 9.17) is 10.5 Å². The van der Waals surface area contributed by atoms with Crippen molar-refractivity contribution in [2.75, 3.05) is 26.8 Å². The van der Waals surface area contributed by atoms with Gasteiger partial charge in [0.15, 0.2) is 5.96 Å². The van der Waals surface area contributed by atoms with Crippen LogP contribution in [-0.2, 0) is 16.7 Å². The van der Waals surface area contributed by atoms with E-state index >= 15 is 0 Å². The lowest BCUT2D eigenvalue weighted by Gasteiger charge is -2.40. The molecule has 108 valence electrons. The highest BCUT2D eigenvalue weighted by Crippen LogP contribution is 2.41. The number of methoxy groups -OCH3 is 1. The number of fused-ring (bicyclic) bond motifs is 2. The maximum absolute atomic E-state index is 6.15. The maximum atomic E-state index is 6.15. The van der Waals surface area contributed by atoms with Gasteiger partial charge < -0.3 is 15.4 Å². The number of aliphatic imine (C=N–C) groups is 1. The van der Waals surface area contributed by atoms with E-state index in [1.165, 1.54) is 24.0 Å². The van der Waals surface area contributed by atoms with Gasteiger partial charge in [-0.3, -0.25) is 4.99 Å². The lowest BCUT2D eigenvalue weighted by atomic mass is 9.83. The molecule has 1 aliphatic carbocycles. The Hall–Kier alpha value is -1.55. The van der Waals surface area contributed by atoms with Crippen LogP contribution in [-0.4, -0.2) is 37.7 Å². The van der Waals surface area contributed by atoms with E-state index in [1.54, 1.807) is 7.11 Å². The van der Waals surface area contributed by atoms with Crippen LogP contribution in [0.15, 0.2) is 29.3 Å². The summed E-state index contributed by atoms with van der Waals surface area (Å²) in [6.07, 6.45) is 4.76. The molecule has 1 atom stereocenters. The van der Waals surface area contributed by atoms with Crippen molar-refractivity contribution in [1.82, 2.24) is 4.90 Å². The Kier molecular flexibility index (Phi) is 3.66. The quantitative estimate of drug-likeness (QED) is 0.915. The van der Waals surface area contributed by atoms with E-state index in [2.05, 4.69) is 34.2 Å². The summed E-state index contributed by atoms with van der Waals surface area (Å²) >= 11 is 0. The Morgan fingerprint density at radius 1 is 1.35 bits per heavy atom. The van der Waals surface area contributed by atoms with E-state index in [0.717, 1.165) is 25.9 Å². The monoisotopic (exact) mass is 273 g/mol. The van der Waals surface area contributed by atoms with Crippen LogP contribution in [0.25, 0.3) is 0 Å². The first-order chi connectivity index (χ1) is 9.78. The Balaban J connectivity index is 2.01. The second kappa shape index (κ2) is 5.44. The molecule has 1 heterocycles. The smallest absolute Gasteiger partial charge is 0.192 e. The standard InChI is InChI=1S/C16H23N3O/c1-20-11-10-19-15(17)18-12-16(19)9-5-4-7-13-6-2-3-8-14(13)16/h2-3,6,8H,4-5,7,9-12H2,1H3,(H2,17,18). The minimum atomic E-state index is -0.0459. The van der Waals surface area contributed by atoms with E-state index in [0.29, 0.717) is 12.6 Å². The van der Waals surface area contributed by atoms with E-state index in [-0.39, 0.29) is 5.54 Å². The summed E-state index contributed by atoms with van der Waals surface area (Å²) in [7, 11) is 1.73. The fourth-order valence-electron chi connectivity index (χ4n) is 3.62. The molecule has 3 rings (SSSR count). The molecule has 0 aromatic heterocycles. The summed E-state index contributed by atoms with van der Waals surface area (Å²) in [5.74, 6) is 0.666. The van der Waals surface area contributed by atoms with Gasteiger partial charge in [-0.15, -0.1) is 0 Å². The summed E-state index contributed by atoms with van der Waals surface area (Å²) in [6.45, 7) is 2.26. The fraction of sp³-hybridized carbons (Fsp3) is 0.562. The molecule has 20 heavy (non-hydrogen) atoms. The first-order valence-electron chi connectivity index (χ1n) is 7.43. The zero-order valence-electron chi connectivity index (χ0n) is 12.1. The van der Waals surface area contributed by atoms with Crippen LogP contribution in [0.2, 0.25) is 0 Å². The summed E-state index contributed by atoms with van der Waals surface area (Å²) in [5, 5.41) is 0. The maximum Gasteiger partial charge on any atom is 0.192 e. The van der Waals surface area contributed by atoms with Crippen LogP contribution in [0.3, 0.4) is 0 Å². The van der Waals surface area contributed by atoms with Gasteiger partial charge in [-0.05, 0) is 30.4 Å². The van der Waals surface area contributed by atoms with E-state index in [9.17, 15) is 0 Å². The highest BCUT2D eigenvalue weighted by Gasteiger charge is 2.44. The van der Waals surface area contributed by atoms with Gasteiger partial charge >= 0.3 is 0 Å². The van der Waals surface area contributed by atoms with Crippen LogP contribution in [0.4, 0.5) is 0 Å². The third-order valence-electron chi connectivity index (χ3n) is 4.62. The number of hydrogen-bond donors (Lipinski definition) is 1. The fourth-order valence-corrected chi connectivity index (χ4v) is 3.62. The second-order valence-electron chi connectivity index (χ2n) is 5.71. The minimum Gasteiger partial charge on any atom is -0.383 e. The van der Waals surface area contributed by atoms with Gasteiger partial charge in [0.1, 0.15) is 0 Å². The first-order valence-corrected chi connectivity index (χ1v) is 7.43. The second-order valence-corrected chi connectivity index (χ2v) is 5.71. The molecule has 0 radical (unpaired) electrons. The molecule has 1 aromatic rings. The Morgan fingerprint density at radius 2 is 2.20 bits per heavy atom. The molecule has 0 saturated carbocycles. The summed E-state index contributed by atoms with van der Waals surface area (Å²) in [4.78, 5) is 6.82. The summed E-state index contributed by atoms with van der Waals surface area (Å²) < 4.78 is 5.25. The van der Waals surface area contributed by atoms with Gasteiger partial charge in [-0.2, -0.15) is 0 Å². The van der Waals surface area contributed by atoms with Crippen LogP contribution in [0.1, 0.15) is 30.4 Å². The molecule has 4 nitrogen and oxygen atoms in total. The molecule has 0 fully saturated rings. The lowest BCUT2D eigenvalue weighted by Crippen LogP contribution is -2.50. The molecule has 1 aliphatic heterocycles. The third kappa shape index (κ3) is 2.08. The minimum absolute atomic E-state index is 0.0459. The van der Waals surface area contributed by atoms with Crippen LogP contribution in [0, 0.1) is 0 Å². The average Bonchev–Trinajstić information content (AvgIpc) is 2.67. The molecule has 2 N–H and O–H groups in total. The van der Waals surface area contributed by atoms with Crippen molar-refractivity contribution < 1.29 is 4.74 Å². The van der Waals surface area contributed by atoms with E-state index in [1.807, 2.05) is 0 Å². The predicted molar refractivity (Wildman–Crippen MR) is 80.7 cm³/mol. The zero-order valence-corrected chi connectivity index (χ0v) is 12.1. The number of nitrogens with two attached hydrogens (primary N) is 1. The number of ether oxygens (including phenoxy) is 1. The van der Waals surface area contributed by atoms with Crippen LogP contribution in [0.5, 0.6) is 0 Å². The van der Waals surface area contributed by atoms with Crippen LogP contribution >= 0.6 is 0 Å². The molecule has 0 amide bonds. The van der Waals surface area contributed by atoms with E-state index < -0.39 is 0 Å². The highest BCUT2D eigenvalue weighted by atomic mass is 16.5. The Morgan fingerprint density at radius 3 is 3.05 bits per heavy atom. The van der Waals surface area contributed by atoms with Gasteiger partial charge in [-0.1, -0.05) is 30.7 Å². The molecule has 1 aromatic carbocycles. The number of aryl methyl sites for hydroxylation is 1. The number of nitrogens with zero attached hydrogens (tertiary/aromatic N) is 2. The summed E-state index contributed by atoms with van der Waals surface area (Å²) in [5.41, 5.74) is 8.98. The number of hydrogen-bond acceptors (Lipinski definition) is 4. The predicted octanol–water partition coefficient (Wildman–Crippen LogP) is 1.88. The van der Waals surface area contributed by atoms with Gasteiger partial charge in [0.25, 0.3) is 0 Å². The van der Waals surface area contributed by atoms with Gasteiger partial charge in [0, 0.05) is 13.7 Å². The van der Waals surface area contributed by atoms with Gasteiger partial charge in [-0.25, -0.2) is 0 Å². The largest absolute Gasteiger partial charge is 0.383 e. The van der Waals surface area contributed by atoms with Crippen molar-refractivity contribution in [2.45, 2.75) is 31.2 Å². The molecular weight excluding hydrogens is 250 g/mol. The molecule has 0 bridgehead atoms. The summed E-state index contributed by atoms with van der Waals surface area (Å²) in [6, 6.07) is 8.78. The lowest BCUT2D eigenvalue weighted by molar-refractivity contribution is 0.122. The van der Waals surface area contributed by atoms with Crippen molar-refractivity contribution >= 4 is 5.96 Å². The average molecular weight is 273 g/mol. The van der Waals surface area contributed by atoms with Crippen molar-refractivity contribution in [3.63, 3.8) is 0 Å². The first kappa shape index (κ1) is 13.4.